The van der Waals surface area contributed by atoms with Crippen LogP contribution >= 0.6 is 0 Å². The van der Waals surface area contributed by atoms with Crippen LogP contribution < -0.4 is 0 Å². The van der Waals surface area contributed by atoms with Gasteiger partial charge in [-0.15, -0.1) is 0 Å². The average Bonchev–Trinajstić information content (AvgIpc) is 2.37. The molecule has 0 saturated carbocycles. The van der Waals surface area contributed by atoms with Crippen molar-refractivity contribution >= 4 is 6.08 Å². The van der Waals surface area contributed by atoms with E-state index in [-0.39, 0.29) is 0 Å². The lowest BCUT2D eigenvalue weighted by Gasteiger charge is -1.80. The molecule has 0 aliphatic heterocycles. The van der Waals surface area contributed by atoms with Crippen LogP contribution in [-0.4, -0.2) is 9.97 Å². The Hall–Kier alpha value is -1.56. The van der Waals surface area contributed by atoms with Crippen LogP contribution in [0.15, 0.2) is 12.3 Å². The van der Waals surface area contributed by atoms with Crippen LogP contribution in [0.2, 0.25) is 0 Å². The molecular formula is C8H9N3. The van der Waals surface area contributed by atoms with Crippen molar-refractivity contribution in [3.8, 4) is 6.07 Å². The maximum absolute atomic E-state index is 8.22. The van der Waals surface area contributed by atoms with Crippen molar-refractivity contribution in [2.45, 2.75) is 13.3 Å². The van der Waals surface area contributed by atoms with Crippen LogP contribution in [0.25, 0.3) is 6.08 Å². The summed E-state index contributed by atoms with van der Waals surface area (Å²) in [7, 11) is 0. The van der Waals surface area contributed by atoms with E-state index in [1.165, 1.54) is 0 Å². The smallest absolute Gasteiger partial charge is 0.103 e. The molecule has 1 heterocycles. The molecule has 0 radical (unpaired) electrons. The summed E-state index contributed by atoms with van der Waals surface area (Å²) in [5, 5.41) is 8.22. The van der Waals surface area contributed by atoms with Crippen molar-refractivity contribution in [1.82, 2.24) is 9.97 Å². The predicted molar refractivity (Wildman–Crippen MR) is 42.6 cm³/mol. The number of aromatic amines is 1. The van der Waals surface area contributed by atoms with E-state index in [0.717, 1.165) is 11.5 Å². The summed E-state index contributed by atoms with van der Waals surface area (Å²) in [6.45, 7) is 1.89. The Kier molecular flexibility index (Phi) is 2.45. The first-order valence-corrected chi connectivity index (χ1v) is 3.38. The molecule has 56 valence electrons. The minimum absolute atomic E-state index is 0.443. The number of hydrogen-bond donors (Lipinski definition) is 1. The largest absolute Gasteiger partial charge is 0.343 e. The lowest BCUT2D eigenvalue weighted by atomic mass is 10.3. The van der Waals surface area contributed by atoms with Crippen LogP contribution in [-0.2, 0) is 0 Å². The lowest BCUT2D eigenvalue weighted by molar-refractivity contribution is 1.14. The van der Waals surface area contributed by atoms with Gasteiger partial charge < -0.3 is 4.98 Å². The van der Waals surface area contributed by atoms with Crippen LogP contribution in [0.3, 0.4) is 0 Å². The zero-order valence-corrected chi connectivity index (χ0v) is 6.33. The summed E-state index contributed by atoms with van der Waals surface area (Å²) in [5.41, 5.74) is 0.942. The van der Waals surface area contributed by atoms with E-state index >= 15 is 0 Å². The molecule has 1 aromatic heterocycles. The Balaban J connectivity index is 2.58. The van der Waals surface area contributed by atoms with Gasteiger partial charge in [0.15, 0.2) is 0 Å². The summed E-state index contributed by atoms with van der Waals surface area (Å²) in [6.07, 6.45) is 5.83. The first-order valence-electron chi connectivity index (χ1n) is 3.38. The van der Waals surface area contributed by atoms with E-state index in [1.807, 2.05) is 19.1 Å². The standard InChI is InChI=1S/C8H9N3/c1-7-10-6-8(11-7)4-2-3-5-9/h2,4,6H,3H2,1H3,(H,10,11). The maximum atomic E-state index is 8.22. The number of nitrogens with one attached hydrogen (secondary N) is 1. The molecular weight excluding hydrogens is 138 g/mol. The van der Waals surface area contributed by atoms with Crippen molar-refractivity contribution in [2.24, 2.45) is 0 Å². The summed E-state index contributed by atoms with van der Waals surface area (Å²) >= 11 is 0. The van der Waals surface area contributed by atoms with Crippen LogP contribution in [0.5, 0.6) is 0 Å². The summed E-state index contributed by atoms with van der Waals surface area (Å²) in [5.74, 6) is 0.890. The number of H-pyrrole nitrogens is 1. The Bertz CT molecular complexity index is 291. The fraction of sp³-hybridized carbons (Fsp3) is 0.250. The van der Waals surface area contributed by atoms with Crippen molar-refractivity contribution in [2.75, 3.05) is 0 Å². The molecule has 3 heteroatoms. The molecule has 0 amide bonds. The number of aromatic nitrogens is 2. The Morgan fingerprint density at radius 2 is 2.64 bits per heavy atom. The highest BCUT2D eigenvalue weighted by Crippen LogP contribution is 1.98. The topological polar surface area (TPSA) is 52.5 Å². The van der Waals surface area contributed by atoms with Crippen molar-refractivity contribution in [3.63, 3.8) is 0 Å². The van der Waals surface area contributed by atoms with Gasteiger partial charge in [-0.25, -0.2) is 4.98 Å². The third-order valence-corrected chi connectivity index (χ3v) is 1.23. The highest BCUT2D eigenvalue weighted by atomic mass is 14.9. The molecule has 0 unspecified atom stereocenters. The molecule has 0 fully saturated rings. The van der Waals surface area contributed by atoms with Crippen LogP contribution in [0.1, 0.15) is 17.9 Å². The van der Waals surface area contributed by atoms with Gasteiger partial charge in [0.2, 0.25) is 0 Å². The monoisotopic (exact) mass is 147 g/mol. The molecule has 11 heavy (non-hydrogen) atoms. The van der Waals surface area contributed by atoms with Gasteiger partial charge >= 0.3 is 0 Å². The number of aryl methyl sites for hydroxylation is 1. The maximum Gasteiger partial charge on any atom is 0.103 e. The van der Waals surface area contributed by atoms with Gasteiger partial charge in [-0.2, -0.15) is 5.26 Å². The number of allylic oxidation sites excluding steroid dienone is 1. The molecule has 0 aromatic carbocycles. The van der Waals surface area contributed by atoms with Crippen LogP contribution in [0, 0.1) is 18.3 Å². The Labute approximate surface area is 65.4 Å². The number of hydrogen-bond acceptors (Lipinski definition) is 2. The Morgan fingerprint density at radius 1 is 1.82 bits per heavy atom. The van der Waals surface area contributed by atoms with E-state index in [0.29, 0.717) is 6.42 Å². The van der Waals surface area contributed by atoms with Gasteiger partial charge in [0.05, 0.1) is 24.4 Å². The molecule has 0 atom stereocenters. The molecule has 3 nitrogen and oxygen atoms in total. The second kappa shape index (κ2) is 3.57. The van der Waals surface area contributed by atoms with Crippen LogP contribution in [0.4, 0.5) is 0 Å². The molecule has 1 rings (SSSR count). The van der Waals surface area contributed by atoms with Gasteiger partial charge in [-0.05, 0) is 13.0 Å². The second-order valence-corrected chi connectivity index (χ2v) is 2.19. The third kappa shape index (κ3) is 2.26. The fourth-order valence-electron chi connectivity index (χ4n) is 0.763. The molecule has 1 N–H and O–H groups in total. The minimum Gasteiger partial charge on any atom is -0.343 e. The van der Waals surface area contributed by atoms with Gasteiger partial charge in [0, 0.05) is 0 Å². The van der Waals surface area contributed by atoms with Gasteiger partial charge in [0.1, 0.15) is 5.82 Å². The predicted octanol–water partition coefficient (Wildman–Crippen LogP) is 1.65. The summed E-state index contributed by atoms with van der Waals surface area (Å²) < 4.78 is 0. The van der Waals surface area contributed by atoms with E-state index in [1.54, 1.807) is 12.3 Å². The van der Waals surface area contributed by atoms with Gasteiger partial charge in [-0.3, -0.25) is 0 Å². The fourth-order valence-corrected chi connectivity index (χ4v) is 0.763. The minimum atomic E-state index is 0.443. The van der Waals surface area contributed by atoms with Crippen molar-refractivity contribution in [3.05, 3.63) is 23.8 Å². The third-order valence-electron chi connectivity index (χ3n) is 1.23. The summed E-state index contributed by atoms with van der Waals surface area (Å²) in [4.78, 5) is 7.03. The molecule has 0 spiro atoms. The van der Waals surface area contributed by atoms with Crippen molar-refractivity contribution < 1.29 is 0 Å². The average molecular weight is 147 g/mol. The van der Waals surface area contributed by atoms with Crippen molar-refractivity contribution in [1.29, 1.82) is 5.26 Å². The first kappa shape index (κ1) is 7.55. The normalized spacial score (nSPS) is 10.2. The van der Waals surface area contributed by atoms with E-state index in [4.69, 9.17) is 5.26 Å². The highest BCUT2D eigenvalue weighted by molar-refractivity contribution is 5.43. The summed E-state index contributed by atoms with van der Waals surface area (Å²) in [6, 6.07) is 2.02. The second-order valence-electron chi connectivity index (χ2n) is 2.19. The number of rotatable bonds is 2. The molecule has 0 bridgehead atoms. The van der Waals surface area contributed by atoms with E-state index in [2.05, 4.69) is 9.97 Å². The molecule has 0 aliphatic carbocycles. The quantitative estimate of drug-likeness (QED) is 0.691. The number of nitrogens with zero attached hydrogens (tertiary/aromatic N) is 2. The van der Waals surface area contributed by atoms with E-state index < -0.39 is 0 Å². The molecule has 1 aromatic rings. The zero-order valence-electron chi connectivity index (χ0n) is 6.33. The SMILES string of the molecule is Cc1ncc(C=CCC#N)[nH]1. The van der Waals surface area contributed by atoms with Gasteiger partial charge in [0.25, 0.3) is 0 Å². The van der Waals surface area contributed by atoms with E-state index in [9.17, 15) is 0 Å². The zero-order chi connectivity index (χ0) is 8.10. The first-order chi connectivity index (χ1) is 5.33. The molecule has 0 saturated heterocycles. The molecule has 0 aliphatic rings. The number of imidazole rings is 1. The Morgan fingerprint density at radius 3 is 3.18 bits per heavy atom. The number of nitriles is 1. The highest BCUT2D eigenvalue weighted by Gasteiger charge is 1.88. The van der Waals surface area contributed by atoms with Gasteiger partial charge in [-0.1, -0.05) is 6.08 Å². The lowest BCUT2D eigenvalue weighted by Crippen LogP contribution is -1.71.